The zero-order valence-electron chi connectivity index (χ0n) is 9.21. The Morgan fingerprint density at radius 1 is 1.29 bits per heavy atom. The smallest absolute Gasteiger partial charge is 0.0101 e. The molecule has 0 amide bonds. The molecule has 1 aromatic carbocycles. The number of hydrogen-bond donors (Lipinski definition) is 1. The Labute approximate surface area is 91.1 Å². The Morgan fingerprint density at radius 3 is 2.50 bits per heavy atom. The molecule has 0 unspecified atom stereocenters. The number of thioether (sulfide) groups is 1. The molecule has 14 heavy (non-hydrogen) atoms. The van der Waals surface area contributed by atoms with E-state index in [4.69, 9.17) is 5.73 Å². The molecule has 2 heteroatoms. The summed E-state index contributed by atoms with van der Waals surface area (Å²) in [5.41, 5.74) is 7.35. The second-order valence-electron chi connectivity index (χ2n) is 4.36. The van der Waals surface area contributed by atoms with Gasteiger partial charge in [0.1, 0.15) is 0 Å². The first-order valence-electron chi connectivity index (χ1n) is 4.91. The largest absolute Gasteiger partial charge is 0.330 e. The van der Waals surface area contributed by atoms with E-state index >= 15 is 0 Å². The highest BCUT2D eigenvalue weighted by atomic mass is 32.2. The van der Waals surface area contributed by atoms with E-state index in [1.165, 1.54) is 10.5 Å². The fourth-order valence-electron chi connectivity index (χ4n) is 1.44. The lowest BCUT2D eigenvalue weighted by atomic mass is 9.86. The second-order valence-corrected chi connectivity index (χ2v) is 5.21. The molecule has 0 saturated heterocycles. The van der Waals surface area contributed by atoms with Gasteiger partial charge in [-0.2, -0.15) is 0 Å². The van der Waals surface area contributed by atoms with Gasteiger partial charge in [0.25, 0.3) is 0 Å². The summed E-state index contributed by atoms with van der Waals surface area (Å²) in [5.74, 6) is 0. The van der Waals surface area contributed by atoms with Crippen LogP contribution in [-0.2, 0) is 6.42 Å². The minimum atomic E-state index is 0.200. The molecule has 0 spiro atoms. The van der Waals surface area contributed by atoms with Crippen molar-refractivity contribution in [1.29, 1.82) is 0 Å². The van der Waals surface area contributed by atoms with E-state index in [0.717, 1.165) is 13.0 Å². The van der Waals surface area contributed by atoms with Crippen LogP contribution in [0.2, 0.25) is 0 Å². The Balaban J connectivity index is 2.85. The number of nitrogens with two attached hydrogens (primary N) is 1. The van der Waals surface area contributed by atoms with Crippen LogP contribution in [0.25, 0.3) is 0 Å². The Bertz CT molecular complexity index is 294. The molecule has 1 nitrogen and oxygen atoms in total. The molecule has 1 rings (SSSR count). The summed E-state index contributed by atoms with van der Waals surface area (Å²) in [6.07, 6.45) is 3.18. The van der Waals surface area contributed by atoms with Gasteiger partial charge in [0.2, 0.25) is 0 Å². The Morgan fingerprint density at radius 2 is 1.93 bits per heavy atom. The van der Waals surface area contributed by atoms with Crippen molar-refractivity contribution in [3.8, 4) is 0 Å². The van der Waals surface area contributed by atoms with Crippen LogP contribution in [0, 0.1) is 5.41 Å². The minimum absolute atomic E-state index is 0.200. The first-order valence-corrected chi connectivity index (χ1v) is 6.13. The highest BCUT2D eigenvalue weighted by Crippen LogP contribution is 2.27. The van der Waals surface area contributed by atoms with E-state index < -0.39 is 0 Å². The third-order valence-corrected chi connectivity index (χ3v) is 3.25. The molecular formula is C12H19NS. The van der Waals surface area contributed by atoms with Gasteiger partial charge < -0.3 is 5.73 Å². The lowest BCUT2D eigenvalue weighted by Crippen LogP contribution is -2.26. The number of rotatable bonds is 4. The van der Waals surface area contributed by atoms with Crippen LogP contribution in [-0.4, -0.2) is 12.8 Å². The maximum absolute atomic E-state index is 5.74. The number of hydrogen-bond acceptors (Lipinski definition) is 2. The summed E-state index contributed by atoms with van der Waals surface area (Å²) in [5, 5.41) is 0. The molecule has 0 fully saturated rings. The van der Waals surface area contributed by atoms with Crippen molar-refractivity contribution in [1.82, 2.24) is 0 Å². The van der Waals surface area contributed by atoms with Gasteiger partial charge in [-0.3, -0.25) is 0 Å². The topological polar surface area (TPSA) is 26.0 Å². The quantitative estimate of drug-likeness (QED) is 0.772. The van der Waals surface area contributed by atoms with Gasteiger partial charge in [0, 0.05) is 4.90 Å². The summed E-state index contributed by atoms with van der Waals surface area (Å²) >= 11 is 1.81. The lowest BCUT2D eigenvalue weighted by Gasteiger charge is -2.23. The van der Waals surface area contributed by atoms with Crippen molar-refractivity contribution < 1.29 is 0 Å². The van der Waals surface area contributed by atoms with Crippen molar-refractivity contribution in [2.75, 3.05) is 12.8 Å². The standard InChI is InChI=1S/C12H19NS/c1-12(2,9-13)8-10-6-4-5-7-11(10)14-3/h4-7H,8-9,13H2,1-3H3. The van der Waals surface area contributed by atoms with E-state index in [-0.39, 0.29) is 5.41 Å². The summed E-state index contributed by atoms with van der Waals surface area (Å²) in [6, 6.07) is 8.56. The molecule has 0 aliphatic rings. The van der Waals surface area contributed by atoms with Crippen LogP contribution < -0.4 is 5.73 Å². The van der Waals surface area contributed by atoms with E-state index in [1.54, 1.807) is 11.8 Å². The third kappa shape index (κ3) is 3.03. The van der Waals surface area contributed by atoms with Crippen molar-refractivity contribution in [3.63, 3.8) is 0 Å². The van der Waals surface area contributed by atoms with E-state index in [1.807, 2.05) is 0 Å². The maximum atomic E-state index is 5.74. The molecule has 0 radical (unpaired) electrons. The summed E-state index contributed by atoms with van der Waals surface area (Å²) in [4.78, 5) is 1.37. The maximum Gasteiger partial charge on any atom is 0.0101 e. The first-order chi connectivity index (χ1) is 6.59. The lowest BCUT2D eigenvalue weighted by molar-refractivity contribution is 0.374. The summed E-state index contributed by atoms with van der Waals surface area (Å²) in [7, 11) is 0. The fraction of sp³-hybridized carbons (Fsp3) is 0.500. The van der Waals surface area contributed by atoms with Crippen LogP contribution in [0.5, 0.6) is 0 Å². The molecule has 1 aromatic rings. The highest BCUT2D eigenvalue weighted by molar-refractivity contribution is 7.98. The predicted octanol–water partition coefficient (Wildman–Crippen LogP) is 2.94. The van der Waals surface area contributed by atoms with Gasteiger partial charge in [-0.15, -0.1) is 11.8 Å². The van der Waals surface area contributed by atoms with Gasteiger partial charge in [-0.05, 0) is 36.3 Å². The molecule has 0 saturated carbocycles. The SMILES string of the molecule is CSc1ccccc1CC(C)(C)CN. The van der Waals surface area contributed by atoms with Crippen molar-refractivity contribution >= 4 is 11.8 Å². The van der Waals surface area contributed by atoms with Crippen LogP contribution >= 0.6 is 11.8 Å². The van der Waals surface area contributed by atoms with E-state index in [9.17, 15) is 0 Å². The predicted molar refractivity (Wildman–Crippen MR) is 64.8 cm³/mol. The monoisotopic (exact) mass is 209 g/mol. The van der Waals surface area contributed by atoms with Gasteiger partial charge in [0.15, 0.2) is 0 Å². The molecule has 2 N–H and O–H groups in total. The zero-order valence-corrected chi connectivity index (χ0v) is 10.0. The molecular weight excluding hydrogens is 190 g/mol. The first kappa shape index (κ1) is 11.6. The van der Waals surface area contributed by atoms with Gasteiger partial charge >= 0.3 is 0 Å². The third-order valence-electron chi connectivity index (χ3n) is 2.41. The van der Waals surface area contributed by atoms with Crippen LogP contribution in [0.1, 0.15) is 19.4 Å². The van der Waals surface area contributed by atoms with E-state index in [2.05, 4.69) is 44.4 Å². The fourth-order valence-corrected chi connectivity index (χ4v) is 2.05. The molecule has 0 aliphatic carbocycles. The van der Waals surface area contributed by atoms with Crippen molar-refractivity contribution in [2.45, 2.75) is 25.2 Å². The normalized spacial score (nSPS) is 11.7. The molecule has 78 valence electrons. The molecule has 0 bridgehead atoms. The molecule has 0 aliphatic heterocycles. The zero-order chi connectivity index (χ0) is 10.6. The average Bonchev–Trinajstić information content (AvgIpc) is 2.18. The Kier molecular flexibility index (Phi) is 4.02. The molecule has 0 atom stereocenters. The van der Waals surface area contributed by atoms with Crippen molar-refractivity contribution in [3.05, 3.63) is 29.8 Å². The summed E-state index contributed by atoms with van der Waals surface area (Å²) in [6.45, 7) is 5.16. The van der Waals surface area contributed by atoms with Gasteiger partial charge in [-0.25, -0.2) is 0 Å². The molecule has 0 heterocycles. The van der Waals surface area contributed by atoms with Crippen molar-refractivity contribution in [2.24, 2.45) is 11.1 Å². The van der Waals surface area contributed by atoms with Gasteiger partial charge in [-0.1, -0.05) is 32.0 Å². The second kappa shape index (κ2) is 4.85. The highest BCUT2D eigenvalue weighted by Gasteiger charge is 2.17. The summed E-state index contributed by atoms with van der Waals surface area (Å²) < 4.78 is 0. The van der Waals surface area contributed by atoms with Crippen LogP contribution in [0.15, 0.2) is 29.2 Å². The van der Waals surface area contributed by atoms with Gasteiger partial charge in [0.05, 0.1) is 0 Å². The average molecular weight is 209 g/mol. The van der Waals surface area contributed by atoms with E-state index in [0.29, 0.717) is 0 Å². The van der Waals surface area contributed by atoms with Crippen LogP contribution in [0.3, 0.4) is 0 Å². The minimum Gasteiger partial charge on any atom is -0.330 e. The molecule has 0 aromatic heterocycles. The Hall–Kier alpha value is -0.470. The van der Waals surface area contributed by atoms with Crippen LogP contribution in [0.4, 0.5) is 0 Å². The number of benzene rings is 1.